The minimum Gasteiger partial charge on any atom is -0.392 e. The molecule has 3 aliphatic carbocycles. The van der Waals surface area contributed by atoms with Gasteiger partial charge in [0.25, 0.3) is 0 Å². The molecule has 2 fully saturated rings. The third kappa shape index (κ3) is 2.06. The number of hydrogen-bond acceptors (Lipinski definition) is 2. The van der Waals surface area contributed by atoms with Crippen LogP contribution in [0.1, 0.15) is 59.8 Å². The van der Waals surface area contributed by atoms with Crippen molar-refractivity contribution in [3.8, 4) is 0 Å². The van der Waals surface area contributed by atoms with E-state index in [1.807, 2.05) is 6.08 Å². The number of allylic oxidation sites excluding steroid dienone is 2. The fourth-order valence-corrected chi connectivity index (χ4v) is 5.82. The molecular weight excluding hydrogens is 272 g/mol. The van der Waals surface area contributed by atoms with Crippen LogP contribution >= 0.6 is 0 Å². The Morgan fingerprint density at radius 3 is 2.59 bits per heavy atom. The quantitative estimate of drug-likeness (QED) is 0.734. The molecule has 3 aliphatic rings. The Kier molecular flexibility index (Phi) is 3.49. The molecule has 1 N–H and O–H groups in total. The summed E-state index contributed by atoms with van der Waals surface area (Å²) in [5, 5.41) is 10.9. The summed E-state index contributed by atoms with van der Waals surface area (Å²) in [6.07, 6.45) is 8.29. The first-order valence-electron chi connectivity index (χ1n) is 8.71. The van der Waals surface area contributed by atoms with Gasteiger partial charge in [-0.2, -0.15) is 0 Å². The summed E-state index contributed by atoms with van der Waals surface area (Å²) >= 11 is 0. The maximum atomic E-state index is 12.9. The van der Waals surface area contributed by atoms with E-state index in [2.05, 4.69) is 40.3 Å². The molecule has 5 atom stereocenters. The molecule has 0 heterocycles. The average molecular weight is 302 g/mol. The van der Waals surface area contributed by atoms with E-state index in [1.165, 1.54) is 5.57 Å². The Bertz CT molecular complexity index is 544. The highest BCUT2D eigenvalue weighted by Gasteiger charge is 2.61. The Balaban J connectivity index is 2.09. The summed E-state index contributed by atoms with van der Waals surface area (Å²) in [6, 6.07) is 0. The predicted molar refractivity (Wildman–Crippen MR) is 89.4 cm³/mol. The van der Waals surface area contributed by atoms with Gasteiger partial charge in [-0.3, -0.25) is 4.79 Å². The van der Waals surface area contributed by atoms with Crippen molar-refractivity contribution in [2.24, 2.45) is 28.1 Å². The van der Waals surface area contributed by atoms with Crippen molar-refractivity contribution in [2.45, 2.75) is 65.9 Å². The predicted octanol–water partition coefficient (Wildman–Crippen LogP) is 4.29. The van der Waals surface area contributed by atoms with Gasteiger partial charge in [-0.05, 0) is 37.0 Å². The first kappa shape index (κ1) is 16.0. The van der Waals surface area contributed by atoms with Crippen LogP contribution in [0, 0.1) is 28.1 Å². The van der Waals surface area contributed by atoms with Gasteiger partial charge >= 0.3 is 0 Å². The lowest BCUT2D eigenvalue weighted by molar-refractivity contribution is -0.162. The van der Waals surface area contributed by atoms with E-state index in [9.17, 15) is 9.90 Å². The molecule has 2 nitrogen and oxygen atoms in total. The van der Waals surface area contributed by atoms with Crippen molar-refractivity contribution in [1.29, 1.82) is 0 Å². The summed E-state index contributed by atoms with van der Waals surface area (Å²) in [7, 11) is 0. The molecule has 0 radical (unpaired) electrons. The molecule has 22 heavy (non-hydrogen) atoms. The van der Waals surface area contributed by atoms with E-state index < -0.39 is 11.5 Å². The number of hydrogen-bond donors (Lipinski definition) is 1. The molecule has 3 rings (SSSR count). The van der Waals surface area contributed by atoms with Crippen molar-refractivity contribution < 1.29 is 9.90 Å². The minimum atomic E-state index is -0.404. The van der Waals surface area contributed by atoms with Gasteiger partial charge in [0.05, 0.1) is 6.10 Å². The molecule has 0 amide bonds. The van der Waals surface area contributed by atoms with Crippen LogP contribution in [0.2, 0.25) is 0 Å². The Morgan fingerprint density at radius 2 is 1.95 bits per heavy atom. The third-order valence-electron chi connectivity index (χ3n) is 7.04. The molecule has 2 heteroatoms. The van der Waals surface area contributed by atoms with Crippen LogP contribution in [-0.4, -0.2) is 17.0 Å². The molecular formula is C20H30O2. The second-order valence-electron chi connectivity index (χ2n) is 8.96. The summed E-state index contributed by atoms with van der Waals surface area (Å²) in [4.78, 5) is 12.9. The van der Waals surface area contributed by atoms with Crippen molar-refractivity contribution >= 4 is 5.78 Å². The number of fused-ring (bicyclic) bond motifs is 3. The average Bonchev–Trinajstić information content (AvgIpc) is 2.42. The fraction of sp³-hybridized carbons (Fsp3) is 0.750. The first-order chi connectivity index (χ1) is 10.1. The Hall–Kier alpha value is -0.890. The monoisotopic (exact) mass is 302 g/mol. The number of ketones is 1. The molecule has 0 bridgehead atoms. The van der Waals surface area contributed by atoms with Crippen LogP contribution in [0.25, 0.3) is 0 Å². The summed E-state index contributed by atoms with van der Waals surface area (Å²) in [6.45, 7) is 12.8. The SMILES string of the molecule is C=C[C@]1(C)C=C2C[C@@H](O)[C@H]3C(C)(C)CCC(=O)[C@]3(C)[C@H]2CC1. The lowest BCUT2D eigenvalue weighted by Crippen LogP contribution is -2.60. The highest BCUT2D eigenvalue weighted by Crippen LogP contribution is 2.62. The second-order valence-corrected chi connectivity index (χ2v) is 8.96. The van der Waals surface area contributed by atoms with Crippen LogP contribution in [0.15, 0.2) is 24.3 Å². The zero-order valence-corrected chi connectivity index (χ0v) is 14.5. The molecule has 0 unspecified atom stereocenters. The zero-order chi connectivity index (χ0) is 16.3. The van der Waals surface area contributed by atoms with E-state index in [0.717, 1.165) is 25.7 Å². The van der Waals surface area contributed by atoms with Gasteiger partial charge in [-0.25, -0.2) is 0 Å². The number of aliphatic hydroxyl groups is 1. The largest absolute Gasteiger partial charge is 0.392 e. The molecule has 0 aromatic rings. The summed E-state index contributed by atoms with van der Waals surface area (Å²) in [5.41, 5.74) is 0.952. The molecule has 0 aliphatic heterocycles. The standard InChI is InChI=1S/C20H30O2/c1-6-19(4)10-7-14-13(12-19)11-15(21)17-18(2,3)9-8-16(22)20(14,17)5/h6,12,14-15,17,21H,1,7-11H2,2-5H3/t14-,15+,17-,19-,20-/m0/s1. The van der Waals surface area contributed by atoms with Crippen LogP contribution in [-0.2, 0) is 4.79 Å². The van der Waals surface area contributed by atoms with Crippen LogP contribution in [0.5, 0.6) is 0 Å². The van der Waals surface area contributed by atoms with Gasteiger partial charge < -0.3 is 5.11 Å². The maximum Gasteiger partial charge on any atom is 0.139 e. The van der Waals surface area contributed by atoms with Gasteiger partial charge in [0, 0.05) is 23.2 Å². The van der Waals surface area contributed by atoms with Crippen LogP contribution in [0.4, 0.5) is 0 Å². The highest BCUT2D eigenvalue weighted by molar-refractivity contribution is 5.87. The summed E-state index contributed by atoms with van der Waals surface area (Å²) in [5.74, 6) is 0.756. The molecule has 122 valence electrons. The third-order valence-corrected chi connectivity index (χ3v) is 7.04. The number of aliphatic hydroxyl groups excluding tert-OH is 1. The Morgan fingerprint density at radius 1 is 1.27 bits per heavy atom. The van der Waals surface area contributed by atoms with Gasteiger partial charge in [0.1, 0.15) is 5.78 Å². The maximum absolute atomic E-state index is 12.9. The normalized spacial score (nSPS) is 47.2. The topological polar surface area (TPSA) is 37.3 Å². The van der Waals surface area contributed by atoms with Crippen molar-refractivity contribution in [3.05, 3.63) is 24.3 Å². The summed E-state index contributed by atoms with van der Waals surface area (Å²) < 4.78 is 0. The van der Waals surface area contributed by atoms with E-state index in [-0.39, 0.29) is 16.7 Å². The van der Waals surface area contributed by atoms with Gasteiger partial charge in [0.15, 0.2) is 0 Å². The van der Waals surface area contributed by atoms with Gasteiger partial charge in [-0.15, -0.1) is 6.58 Å². The van der Waals surface area contributed by atoms with E-state index in [1.54, 1.807) is 0 Å². The number of carbonyl (C=O) groups is 1. The zero-order valence-electron chi connectivity index (χ0n) is 14.5. The molecule has 0 spiro atoms. The minimum absolute atomic E-state index is 0.0159. The molecule has 2 saturated carbocycles. The molecule has 0 saturated heterocycles. The fourth-order valence-electron chi connectivity index (χ4n) is 5.82. The number of carbonyl (C=O) groups excluding carboxylic acids is 1. The van der Waals surface area contributed by atoms with E-state index >= 15 is 0 Å². The molecule has 0 aromatic heterocycles. The second kappa shape index (κ2) is 4.80. The lowest BCUT2D eigenvalue weighted by atomic mass is 9.44. The highest BCUT2D eigenvalue weighted by atomic mass is 16.3. The van der Waals surface area contributed by atoms with Crippen molar-refractivity contribution in [2.75, 3.05) is 0 Å². The molecule has 0 aromatic carbocycles. The van der Waals surface area contributed by atoms with Crippen LogP contribution in [0.3, 0.4) is 0 Å². The van der Waals surface area contributed by atoms with Crippen molar-refractivity contribution in [3.63, 3.8) is 0 Å². The smallest absolute Gasteiger partial charge is 0.139 e. The van der Waals surface area contributed by atoms with Gasteiger partial charge in [-0.1, -0.05) is 45.4 Å². The van der Waals surface area contributed by atoms with Crippen LogP contribution < -0.4 is 0 Å². The van der Waals surface area contributed by atoms with Gasteiger partial charge in [0.2, 0.25) is 0 Å². The lowest BCUT2D eigenvalue weighted by Gasteiger charge is -2.59. The number of Topliss-reactive ketones (excluding diaryl/α,β-unsaturated/α-hetero) is 1. The van der Waals surface area contributed by atoms with E-state index in [0.29, 0.717) is 18.1 Å². The van der Waals surface area contributed by atoms with E-state index in [4.69, 9.17) is 0 Å². The van der Waals surface area contributed by atoms with Crippen molar-refractivity contribution in [1.82, 2.24) is 0 Å². The number of rotatable bonds is 1. The Labute approximate surface area is 134 Å². The first-order valence-corrected chi connectivity index (χ1v) is 8.71.